The average molecular weight is 318 g/mol. The van der Waals surface area contributed by atoms with Crippen LogP contribution in [0.5, 0.6) is 11.5 Å². The van der Waals surface area contributed by atoms with Gasteiger partial charge >= 0.3 is 0 Å². The summed E-state index contributed by atoms with van der Waals surface area (Å²) in [6.45, 7) is 0. The molecular weight excluding hydrogens is 304 g/mol. The molecule has 0 aliphatic carbocycles. The van der Waals surface area contributed by atoms with Gasteiger partial charge in [-0.15, -0.1) is 10.2 Å². The Labute approximate surface area is 138 Å². The summed E-state index contributed by atoms with van der Waals surface area (Å²) in [6.07, 6.45) is 0. The summed E-state index contributed by atoms with van der Waals surface area (Å²) in [7, 11) is 0. The molecular formula is C18H14N4O2. The van der Waals surface area contributed by atoms with Crippen molar-refractivity contribution in [3.63, 3.8) is 0 Å². The number of hydrogen-bond acceptors (Lipinski definition) is 6. The SMILES string of the molecule is Oc1cccc(ON=Nc2ccccc2)c1N=Nc1ccccc1. The van der Waals surface area contributed by atoms with E-state index in [0.29, 0.717) is 11.4 Å². The number of phenolic OH excluding ortho intramolecular Hbond substituents is 1. The molecule has 0 amide bonds. The van der Waals surface area contributed by atoms with Crippen molar-refractivity contribution in [3.05, 3.63) is 78.9 Å². The third-order valence-electron chi connectivity index (χ3n) is 3.05. The summed E-state index contributed by atoms with van der Waals surface area (Å²) in [5.41, 5.74) is 1.51. The maximum atomic E-state index is 9.98. The highest BCUT2D eigenvalue weighted by Gasteiger charge is 2.09. The predicted molar refractivity (Wildman–Crippen MR) is 90.3 cm³/mol. The number of phenols is 1. The molecule has 1 N–H and O–H groups in total. The second-order valence-electron chi connectivity index (χ2n) is 4.77. The number of hydrogen-bond donors (Lipinski definition) is 1. The monoisotopic (exact) mass is 318 g/mol. The summed E-state index contributed by atoms with van der Waals surface area (Å²) in [5, 5.41) is 25.7. The molecule has 0 fully saturated rings. The molecule has 0 radical (unpaired) electrons. The van der Waals surface area contributed by atoms with Crippen molar-refractivity contribution in [3.8, 4) is 11.5 Å². The van der Waals surface area contributed by atoms with E-state index in [4.69, 9.17) is 4.84 Å². The van der Waals surface area contributed by atoms with Crippen LogP contribution in [0, 0.1) is 0 Å². The van der Waals surface area contributed by atoms with Crippen LogP contribution in [0.3, 0.4) is 0 Å². The van der Waals surface area contributed by atoms with Crippen molar-refractivity contribution >= 4 is 17.1 Å². The molecule has 118 valence electrons. The molecule has 0 atom stereocenters. The second kappa shape index (κ2) is 7.64. The summed E-state index contributed by atoms with van der Waals surface area (Å²) in [5.74, 6) is 0.205. The molecule has 3 rings (SSSR count). The van der Waals surface area contributed by atoms with Crippen LogP contribution >= 0.6 is 0 Å². The Hall–Kier alpha value is -3.54. The number of nitrogens with zero attached hydrogens (tertiary/aromatic N) is 4. The second-order valence-corrected chi connectivity index (χ2v) is 4.77. The van der Waals surface area contributed by atoms with Gasteiger partial charge in [-0.05, 0) is 36.4 Å². The quantitative estimate of drug-likeness (QED) is 0.470. The van der Waals surface area contributed by atoms with E-state index in [1.807, 2.05) is 36.4 Å². The third-order valence-corrected chi connectivity index (χ3v) is 3.05. The van der Waals surface area contributed by atoms with Crippen molar-refractivity contribution in [1.82, 2.24) is 0 Å². The van der Waals surface area contributed by atoms with E-state index in [2.05, 4.69) is 20.6 Å². The smallest absolute Gasteiger partial charge is 0.191 e. The highest BCUT2D eigenvalue weighted by Crippen LogP contribution is 2.37. The Morgan fingerprint density at radius 2 is 1.25 bits per heavy atom. The standard InChI is InChI=1S/C18H14N4O2/c23-16-12-7-13-17(24-22-20-15-10-5-2-6-11-15)18(16)21-19-14-8-3-1-4-9-14/h1-13,23H. The Bertz CT molecular complexity index is 849. The van der Waals surface area contributed by atoms with E-state index in [0.717, 1.165) is 0 Å². The molecule has 0 spiro atoms. The van der Waals surface area contributed by atoms with Crippen LogP contribution in [0.4, 0.5) is 17.1 Å². The van der Waals surface area contributed by atoms with E-state index < -0.39 is 0 Å². The number of aromatic hydroxyl groups is 1. The zero-order chi connectivity index (χ0) is 16.6. The minimum absolute atomic E-state index is 0.0536. The molecule has 0 heterocycles. The molecule has 3 aromatic rings. The van der Waals surface area contributed by atoms with Crippen LogP contribution in [0.1, 0.15) is 0 Å². The number of azo groups is 1. The largest absolute Gasteiger partial charge is 0.505 e. The lowest BCUT2D eigenvalue weighted by Gasteiger charge is -2.03. The summed E-state index contributed by atoms with van der Waals surface area (Å²) in [4.78, 5) is 5.25. The van der Waals surface area contributed by atoms with Crippen LogP contribution in [0.15, 0.2) is 99.5 Å². The Morgan fingerprint density at radius 3 is 1.92 bits per heavy atom. The lowest BCUT2D eigenvalue weighted by molar-refractivity contribution is 0.312. The fourth-order valence-corrected chi connectivity index (χ4v) is 1.89. The van der Waals surface area contributed by atoms with Crippen LogP contribution < -0.4 is 4.84 Å². The fourth-order valence-electron chi connectivity index (χ4n) is 1.89. The third kappa shape index (κ3) is 4.01. The topological polar surface area (TPSA) is 78.9 Å². The van der Waals surface area contributed by atoms with Crippen molar-refractivity contribution in [1.29, 1.82) is 0 Å². The normalized spacial score (nSPS) is 11.2. The van der Waals surface area contributed by atoms with E-state index in [1.54, 1.807) is 36.4 Å². The molecule has 0 bridgehead atoms. The van der Waals surface area contributed by atoms with Crippen LogP contribution in [-0.4, -0.2) is 5.11 Å². The first-order chi connectivity index (χ1) is 11.8. The molecule has 3 aromatic carbocycles. The van der Waals surface area contributed by atoms with Gasteiger partial charge < -0.3 is 9.94 Å². The molecule has 0 aliphatic heterocycles. The molecule has 24 heavy (non-hydrogen) atoms. The van der Waals surface area contributed by atoms with Crippen molar-refractivity contribution in [2.24, 2.45) is 20.6 Å². The molecule has 0 aromatic heterocycles. The van der Waals surface area contributed by atoms with Gasteiger partial charge in [0.1, 0.15) is 5.75 Å². The van der Waals surface area contributed by atoms with Crippen LogP contribution in [-0.2, 0) is 0 Å². The summed E-state index contributed by atoms with van der Waals surface area (Å²) < 4.78 is 0. The lowest BCUT2D eigenvalue weighted by Crippen LogP contribution is -1.82. The van der Waals surface area contributed by atoms with Gasteiger partial charge in [-0.3, -0.25) is 0 Å². The first-order valence-electron chi connectivity index (χ1n) is 7.25. The highest BCUT2D eigenvalue weighted by atomic mass is 16.6. The maximum Gasteiger partial charge on any atom is 0.191 e. The van der Waals surface area contributed by atoms with Crippen molar-refractivity contribution in [2.45, 2.75) is 0 Å². The molecule has 0 unspecified atom stereocenters. The van der Waals surface area contributed by atoms with E-state index in [9.17, 15) is 5.11 Å². The zero-order valence-electron chi connectivity index (χ0n) is 12.6. The van der Waals surface area contributed by atoms with Gasteiger partial charge in [-0.2, -0.15) is 5.11 Å². The van der Waals surface area contributed by atoms with E-state index in [1.165, 1.54) is 6.07 Å². The van der Waals surface area contributed by atoms with Crippen LogP contribution in [0.25, 0.3) is 0 Å². The number of benzene rings is 3. The van der Waals surface area contributed by atoms with E-state index >= 15 is 0 Å². The molecule has 6 heteroatoms. The Morgan fingerprint density at radius 1 is 0.625 bits per heavy atom. The molecule has 0 saturated heterocycles. The van der Waals surface area contributed by atoms with Gasteiger partial charge in [-0.1, -0.05) is 42.5 Å². The van der Waals surface area contributed by atoms with E-state index in [-0.39, 0.29) is 17.2 Å². The zero-order valence-corrected chi connectivity index (χ0v) is 12.6. The maximum absolute atomic E-state index is 9.98. The summed E-state index contributed by atoms with van der Waals surface area (Å²) in [6, 6.07) is 23.1. The highest BCUT2D eigenvalue weighted by molar-refractivity contribution is 5.61. The van der Waals surface area contributed by atoms with Gasteiger partial charge in [0.15, 0.2) is 11.4 Å². The summed E-state index contributed by atoms with van der Waals surface area (Å²) >= 11 is 0. The fraction of sp³-hybridized carbons (Fsp3) is 0. The van der Waals surface area contributed by atoms with Gasteiger partial charge in [0, 0.05) is 5.28 Å². The van der Waals surface area contributed by atoms with Crippen molar-refractivity contribution < 1.29 is 9.94 Å². The van der Waals surface area contributed by atoms with Gasteiger partial charge in [-0.25, -0.2) is 0 Å². The van der Waals surface area contributed by atoms with Crippen LogP contribution in [0.2, 0.25) is 0 Å². The van der Waals surface area contributed by atoms with Gasteiger partial charge in [0.25, 0.3) is 0 Å². The molecule has 0 saturated carbocycles. The Balaban J connectivity index is 1.80. The van der Waals surface area contributed by atoms with Crippen molar-refractivity contribution in [2.75, 3.05) is 0 Å². The molecule has 6 nitrogen and oxygen atoms in total. The molecule has 0 aliphatic rings. The van der Waals surface area contributed by atoms with Gasteiger partial charge in [0.2, 0.25) is 0 Å². The predicted octanol–water partition coefficient (Wildman–Crippen LogP) is 5.89. The minimum Gasteiger partial charge on any atom is -0.505 e. The first kappa shape index (κ1) is 15.4. The first-order valence-corrected chi connectivity index (χ1v) is 7.25. The lowest BCUT2D eigenvalue weighted by atomic mass is 10.3. The average Bonchev–Trinajstić information content (AvgIpc) is 2.63. The van der Waals surface area contributed by atoms with Gasteiger partial charge in [0.05, 0.1) is 11.4 Å². The minimum atomic E-state index is -0.0536. The Kier molecular flexibility index (Phi) is 4.89. The number of rotatable bonds is 5.